The molecule has 1 fully saturated rings. The molecule has 1 saturated heterocycles. The number of carbonyl (C=O) groups is 2. The second kappa shape index (κ2) is 4.62. The van der Waals surface area contributed by atoms with Gasteiger partial charge in [-0.2, -0.15) is 0 Å². The molecule has 20 heavy (non-hydrogen) atoms. The molecule has 1 aromatic rings. The van der Waals surface area contributed by atoms with Gasteiger partial charge in [-0.05, 0) is 13.3 Å². The largest absolute Gasteiger partial charge is 0.481 e. The van der Waals surface area contributed by atoms with E-state index in [2.05, 4.69) is 0 Å². The molecule has 8 nitrogen and oxygen atoms in total. The Kier molecular flexibility index (Phi) is 3.24. The molecule has 0 spiro atoms. The van der Waals surface area contributed by atoms with Crippen molar-refractivity contribution in [3.8, 4) is 0 Å². The molecule has 1 atom stereocenters. The first-order valence-electron chi connectivity index (χ1n) is 6.08. The van der Waals surface area contributed by atoms with Crippen molar-refractivity contribution >= 4 is 17.6 Å². The predicted octanol–water partition coefficient (Wildman–Crippen LogP) is 0.870. The third kappa shape index (κ3) is 2.24. The van der Waals surface area contributed by atoms with Gasteiger partial charge in [0.2, 0.25) is 0 Å². The summed E-state index contributed by atoms with van der Waals surface area (Å²) in [6.07, 6.45) is 1.64. The number of rotatable bonds is 3. The Morgan fingerprint density at radius 3 is 2.60 bits per heavy atom. The number of nitro groups is 1. The van der Waals surface area contributed by atoms with E-state index in [-0.39, 0.29) is 23.8 Å². The zero-order valence-electron chi connectivity index (χ0n) is 11.2. The average molecular weight is 281 g/mol. The van der Waals surface area contributed by atoms with Crippen LogP contribution in [0.3, 0.4) is 0 Å². The Morgan fingerprint density at radius 2 is 2.15 bits per heavy atom. The van der Waals surface area contributed by atoms with Crippen molar-refractivity contribution in [3.05, 3.63) is 28.1 Å². The fourth-order valence-corrected chi connectivity index (χ4v) is 2.33. The first-order chi connectivity index (χ1) is 9.24. The standard InChI is InChI=1S/C12H15N3O5/c1-12(11(17)18)3-4-14(7-12)10(16)9-5-8(15(19)20)6-13(9)2/h5-6H,3-4,7H2,1-2H3,(H,17,18). The van der Waals surface area contributed by atoms with Crippen LogP contribution < -0.4 is 0 Å². The van der Waals surface area contributed by atoms with Crippen LogP contribution in [0, 0.1) is 15.5 Å². The number of likely N-dealkylation sites (tertiary alicyclic amines) is 1. The highest BCUT2D eigenvalue weighted by Crippen LogP contribution is 2.31. The van der Waals surface area contributed by atoms with Crippen molar-refractivity contribution in [1.29, 1.82) is 0 Å². The van der Waals surface area contributed by atoms with Gasteiger partial charge in [0.1, 0.15) is 5.69 Å². The van der Waals surface area contributed by atoms with Crippen molar-refractivity contribution < 1.29 is 19.6 Å². The van der Waals surface area contributed by atoms with Crippen molar-refractivity contribution in [1.82, 2.24) is 9.47 Å². The van der Waals surface area contributed by atoms with Gasteiger partial charge in [-0.15, -0.1) is 0 Å². The van der Waals surface area contributed by atoms with Crippen molar-refractivity contribution in [2.75, 3.05) is 13.1 Å². The second-order valence-corrected chi connectivity index (χ2v) is 5.29. The summed E-state index contributed by atoms with van der Waals surface area (Å²) in [6.45, 7) is 2.04. The van der Waals surface area contributed by atoms with Gasteiger partial charge in [0.15, 0.2) is 0 Å². The Morgan fingerprint density at radius 1 is 1.50 bits per heavy atom. The fraction of sp³-hybridized carbons (Fsp3) is 0.500. The highest BCUT2D eigenvalue weighted by atomic mass is 16.6. The lowest BCUT2D eigenvalue weighted by molar-refractivity contribution is -0.384. The van der Waals surface area contributed by atoms with E-state index >= 15 is 0 Å². The summed E-state index contributed by atoms with van der Waals surface area (Å²) < 4.78 is 1.39. The van der Waals surface area contributed by atoms with Crippen LogP contribution in [-0.4, -0.2) is 44.5 Å². The van der Waals surface area contributed by atoms with Crippen LogP contribution in [0.1, 0.15) is 23.8 Å². The maximum absolute atomic E-state index is 12.3. The highest BCUT2D eigenvalue weighted by Gasteiger charge is 2.42. The SMILES string of the molecule is Cn1cc([N+](=O)[O-])cc1C(=O)N1CCC(C)(C(=O)O)C1. The number of hydrogen-bond acceptors (Lipinski definition) is 4. The van der Waals surface area contributed by atoms with E-state index in [4.69, 9.17) is 5.11 Å². The van der Waals surface area contributed by atoms with Crippen LogP contribution in [0.4, 0.5) is 5.69 Å². The number of aryl methyl sites for hydroxylation is 1. The molecule has 2 heterocycles. The van der Waals surface area contributed by atoms with E-state index in [1.807, 2.05) is 0 Å². The van der Waals surface area contributed by atoms with Crippen molar-refractivity contribution in [2.24, 2.45) is 12.5 Å². The molecule has 1 aromatic heterocycles. The van der Waals surface area contributed by atoms with Gasteiger partial charge in [0.05, 0.1) is 16.5 Å². The molecule has 1 amide bonds. The summed E-state index contributed by atoms with van der Waals surface area (Å²) in [5.74, 6) is -1.32. The molecule has 0 bridgehead atoms. The summed E-state index contributed by atoms with van der Waals surface area (Å²) in [5.41, 5.74) is -0.922. The number of amides is 1. The predicted molar refractivity (Wildman–Crippen MR) is 68.3 cm³/mol. The Bertz CT molecular complexity index is 594. The molecule has 1 N–H and O–H groups in total. The van der Waals surface area contributed by atoms with Gasteiger partial charge in [0, 0.05) is 26.2 Å². The van der Waals surface area contributed by atoms with Crippen LogP contribution in [0.25, 0.3) is 0 Å². The van der Waals surface area contributed by atoms with Crippen LogP contribution >= 0.6 is 0 Å². The smallest absolute Gasteiger partial charge is 0.311 e. The minimum absolute atomic E-state index is 0.111. The van der Waals surface area contributed by atoms with Crippen molar-refractivity contribution in [3.63, 3.8) is 0 Å². The molecular formula is C12H15N3O5. The monoisotopic (exact) mass is 281 g/mol. The van der Waals surface area contributed by atoms with Gasteiger partial charge in [-0.25, -0.2) is 0 Å². The zero-order valence-corrected chi connectivity index (χ0v) is 11.2. The molecule has 1 aliphatic heterocycles. The lowest BCUT2D eigenvalue weighted by Crippen LogP contribution is -2.35. The van der Waals surface area contributed by atoms with Gasteiger partial charge >= 0.3 is 5.97 Å². The van der Waals surface area contributed by atoms with E-state index in [0.29, 0.717) is 13.0 Å². The third-order valence-electron chi connectivity index (χ3n) is 3.70. The lowest BCUT2D eigenvalue weighted by Gasteiger charge is -2.20. The van der Waals surface area contributed by atoms with E-state index < -0.39 is 16.3 Å². The van der Waals surface area contributed by atoms with E-state index in [1.165, 1.54) is 21.7 Å². The number of carboxylic acid groups (broad SMARTS) is 1. The molecule has 1 unspecified atom stereocenters. The third-order valence-corrected chi connectivity index (χ3v) is 3.70. The number of aliphatic carboxylic acids is 1. The summed E-state index contributed by atoms with van der Waals surface area (Å²) in [4.78, 5) is 35.0. The molecular weight excluding hydrogens is 266 g/mol. The molecule has 0 radical (unpaired) electrons. The summed E-state index contributed by atoms with van der Waals surface area (Å²) in [7, 11) is 1.55. The Balaban J connectivity index is 2.21. The zero-order chi connectivity index (χ0) is 15.1. The van der Waals surface area contributed by atoms with Crippen LogP contribution in [0.15, 0.2) is 12.3 Å². The highest BCUT2D eigenvalue weighted by molar-refractivity contribution is 5.94. The molecule has 0 aromatic carbocycles. The fourth-order valence-electron chi connectivity index (χ4n) is 2.33. The lowest BCUT2D eigenvalue weighted by atomic mass is 9.90. The first kappa shape index (κ1) is 14.0. The van der Waals surface area contributed by atoms with Crippen LogP contribution in [0.5, 0.6) is 0 Å². The van der Waals surface area contributed by atoms with E-state index in [1.54, 1.807) is 14.0 Å². The summed E-state index contributed by atoms with van der Waals surface area (Å²) >= 11 is 0. The summed E-state index contributed by atoms with van der Waals surface area (Å²) in [6, 6.07) is 1.21. The van der Waals surface area contributed by atoms with Gasteiger partial charge < -0.3 is 14.6 Å². The minimum Gasteiger partial charge on any atom is -0.481 e. The maximum atomic E-state index is 12.3. The van der Waals surface area contributed by atoms with E-state index in [0.717, 1.165) is 0 Å². The van der Waals surface area contributed by atoms with Crippen LogP contribution in [-0.2, 0) is 11.8 Å². The molecule has 108 valence electrons. The van der Waals surface area contributed by atoms with Gasteiger partial charge in [-0.3, -0.25) is 19.7 Å². The number of hydrogen-bond donors (Lipinski definition) is 1. The topological polar surface area (TPSA) is 106 Å². The van der Waals surface area contributed by atoms with Gasteiger partial charge in [0.25, 0.3) is 11.6 Å². The molecule has 8 heteroatoms. The number of nitrogens with zero attached hydrogens (tertiary/aromatic N) is 3. The second-order valence-electron chi connectivity index (χ2n) is 5.29. The first-order valence-corrected chi connectivity index (χ1v) is 6.08. The number of carbonyl (C=O) groups excluding carboxylic acids is 1. The van der Waals surface area contributed by atoms with Crippen LogP contribution in [0.2, 0.25) is 0 Å². The molecule has 0 aliphatic carbocycles. The molecule has 1 aliphatic rings. The quantitative estimate of drug-likeness (QED) is 0.653. The Hall–Kier alpha value is -2.38. The molecule has 2 rings (SSSR count). The summed E-state index contributed by atoms with van der Waals surface area (Å²) in [5, 5.41) is 19.8. The van der Waals surface area contributed by atoms with Gasteiger partial charge in [-0.1, -0.05) is 0 Å². The van der Waals surface area contributed by atoms with Crippen molar-refractivity contribution in [2.45, 2.75) is 13.3 Å². The number of carboxylic acids is 1. The Labute approximate surface area is 114 Å². The average Bonchev–Trinajstić information content (AvgIpc) is 2.93. The number of aromatic nitrogens is 1. The molecule has 0 saturated carbocycles. The van der Waals surface area contributed by atoms with E-state index in [9.17, 15) is 19.7 Å². The maximum Gasteiger partial charge on any atom is 0.311 e. The normalized spacial score (nSPS) is 22.0. The minimum atomic E-state index is -0.952.